The molecule has 0 saturated carbocycles. The van der Waals surface area contributed by atoms with Crippen molar-refractivity contribution < 1.29 is 17.6 Å². The van der Waals surface area contributed by atoms with Gasteiger partial charge in [-0.05, 0) is 74.2 Å². The average Bonchev–Trinajstić information content (AvgIpc) is 3.31. The quantitative estimate of drug-likeness (QED) is 0.690. The molecule has 2 fully saturated rings. The molecule has 32 heavy (non-hydrogen) atoms. The number of amides is 1. The summed E-state index contributed by atoms with van der Waals surface area (Å²) in [6.45, 7) is 3.88. The number of carbonyl (C=O) groups excluding carboxylic acids is 1. The van der Waals surface area contributed by atoms with Gasteiger partial charge in [0.25, 0.3) is 0 Å². The van der Waals surface area contributed by atoms with Gasteiger partial charge in [0.15, 0.2) is 0 Å². The Bertz CT molecular complexity index is 1020. The summed E-state index contributed by atoms with van der Waals surface area (Å²) in [6.07, 6.45) is 4.93. The van der Waals surface area contributed by atoms with Crippen molar-refractivity contribution in [2.24, 2.45) is 0 Å². The third-order valence-corrected chi connectivity index (χ3v) is 8.19. The topological polar surface area (TPSA) is 69.7 Å². The lowest BCUT2D eigenvalue weighted by Crippen LogP contribution is -2.45. The number of likely N-dealkylation sites (tertiary alicyclic amines) is 1. The Hall–Kier alpha value is -2.29. The summed E-state index contributed by atoms with van der Waals surface area (Å²) in [5.74, 6) is -0.799. The monoisotopic (exact) mass is 459 g/mol. The maximum atomic E-state index is 13.2. The lowest BCUT2D eigenvalue weighted by molar-refractivity contribution is -0.124. The summed E-state index contributed by atoms with van der Waals surface area (Å²) < 4.78 is 40.3. The number of piperidine rings is 1. The van der Waals surface area contributed by atoms with Crippen LogP contribution in [0.3, 0.4) is 0 Å². The first-order chi connectivity index (χ1) is 15.4. The van der Waals surface area contributed by atoms with Gasteiger partial charge in [-0.3, -0.25) is 9.69 Å². The third-order valence-electron chi connectivity index (χ3n) is 6.27. The zero-order valence-corrected chi connectivity index (χ0v) is 19.0. The highest BCUT2D eigenvalue weighted by Crippen LogP contribution is 2.26. The van der Waals surface area contributed by atoms with Gasteiger partial charge in [-0.2, -0.15) is 4.31 Å². The number of nitrogens with zero attached hydrogens (tertiary/aromatic N) is 2. The van der Waals surface area contributed by atoms with Gasteiger partial charge in [-0.25, -0.2) is 12.8 Å². The SMILES string of the molecule is O=C(NCc1ccc(CN2CCCCC2)cc1)[C@H]1CCCN1S(=O)(=O)c1ccc(F)cc1. The van der Waals surface area contributed by atoms with Crippen LogP contribution in [0.4, 0.5) is 4.39 Å². The zero-order valence-electron chi connectivity index (χ0n) is 18.2. The molecule has 6 nitrogen and oxygen atoms in total. The summed E-state index contributed by atoms with van der Waals surface area (Å²) in [7, 11) is -3.85. The van der Waals surface area contributed by atoms with E-state index < -0.39 is 21.9 Å². The summed E-state index contributed by atoms with van der Waals surface area (Å²) in [4.78, 5) is 15.3. The van der Waals surface area contributed by atoms with Crippen LogP contribution < -0.4 is 5.32 Å². The fourth-order valence-corrected chi connectivity index (χ4v) is 6.13. The molecule has 2 saturated heterocycles. The first kappa shape index (κ1) is 22.9. The van der Waals surface area contributed by atoms with Gasteiger partial charge < -0.3 is 5.32 Å². The maximum Gasteiger partial charge on any atom is 0.243 e. The van der Waals surface area contributed by atoms with Crippen LogP contribution in [-0.2, 0) is 27.9 Å². The largest absolute Gasteiger partial charge is 0.351 e. The summed E-state index contributed by atoms with van der Waals surface area (Å²) in [6, 6.07) is 12.2. The molecular weight excluding hydrogens is 429 g/mol. The van der Waals surface area contributed by atoms with Crippen molar-refractivity contribution in [3.63, 3.8) is 0 Å². The first-order valence-corrected chi connectivity index (χ1v) is 12.7. The van der Waals surface area contributed by atoms with E-state index in [2.05, 4.69) is 22.3 Å². The van der Waals surface area contributed by atoms with E-state index >= 15 is 0 Å². The minimum atomic E-state index is -3.85. The molecule has 2 aliphatic heterocycles. The Morgan fingerprint density at radius 3 is 2.25 bits per heavy atom. The highest BCUT2D eigenvalue weighted by atomic mass is 32.2. The van der Waals surface area contributed by atoms with Crippen LogP contribution >= 0.6 is 0 Å². The number of sulfonamides is 1. The molecule has 0 aromatic heterocycles. The predicted octanol–water partition coefficient (Wildman–Crippen LogP) is 3.28. The number of hydrogen-bond acceptors (Lipinski definition) is 4. The number of hydrogen-bond donors (Lipinski definition) is 1. The number of halogens is 1. The summed E-state index contributed by atoms with van der Waals surface area (Å²) in [5, 5.41) is 2.89. The second-order valence-electron chi connectivity index (χ2n) is 8.60. The van der Waals surface area contributed by atoms with Gasteiger partial charge in [-0.1, -0.05) is 30.7 Å². The van der Waals surface area contributed by atoms with Crippen LogP contribution in [0.15, 0.2) is 53.4 Å². The average molecular weight is 460 g/mol. The lowest BCUT2D eigenvalue weighted by atomic mass is 10.1. The van der Waals surface area contributed by atoms with Gasteiger partial charge in [0.1, 0.15) is 11.9 Å². The molecule has 1 atom stereocenters. The molecule has 0 radical (unpaired) electrons. The van der Waals surface area contributed by atoms with Crippen molar-refractivity contribution in [3.8, 4) is 0 Å². The molecule has 172 valence electrons. The van der Waals surface area contributed by atoms with Gasteiger partial charge >= 0.3 is 0 Å². The molecule has 2 aromatic carbocycles. The van der Waals surface area contributed by atoms with Crippen molar-refractivity contribution in [1.29, 1.82) is 0 Å². The molecule has 4 rings (SSSR count). The fraction of sp³-hybridized carbons (Fsp3) is 0.458. The molecule has 2 aromatic rings. The first-order valence-electron chi connectivity index (χ1n) is 11.3. The minimum Gasteiger partial charge on any atom is -0.351 e. The number of nitrogens with one attached hydrogen (secondary N) is 1. The number of carbonyl (C=O) groups is 1. The maximum absolute atomic E-state index is 13.2. The predicted molar refractivity (Wildman–Crippen MR) is 121 cm³/mol. The van der Waals surface area contributed by atoms with E-state index in [0.717, 1.165) is 37.3 Å². The second kappa shape index (κ2) is 10.1. The van der Waals surface area contributed by atoms with Crippen molar-refractivity contribution in [3.05, 3.63) is 65.5 Å². The molecule has 8 heteroatoms. The molecule has 0 spiro atoms. The molecular formula is C24H30FN3O3S. The van der Waals surface area contributed by atoms with Gasteiger partial charge in [-0.15, -0.1) is 0 Å². The molecule has 0 bridgehead atoms. The van der Waals surface area contributed by atoms with E-state index in [1.165, 1.54) is 41.3 Å². The third kappa shape index (κ3) is 5.36. The Morgan fingerprint density at radius 2 is 1.56 bits per heavy atom. The smallest absolute Gasteiger partial charge is 0.243 e. The Kier molecular flexibility index (Phi) is 7.23. The molecule has 1 N–H and O–H groups in total. The summed E-state index contributed by atoms with van der Waals surface area (Å²) in [5.41, 5.74) is 2.24. The zero-order chi connectivity index (χ0) is 22.6. The number of rotatable bonds is 7. The molecule has 0 unspecified atom stereocenters. The standard InChI is InChI=1S/C24H30FN3O3S/c25-21-10-12-22(13-11-21)32(30,31)28-16-4-5-23(28)24(29)26-17-19-6-8-20(9-7-19)18-27-14-2-1-3-15-27/h6-13,23H,1-5,14-18H2,(H,26,29)/t23-/m1/s1. The van der Waals surface area contributed by atoms with E-state index in [1.807, 2.05) is 12.1 Å². The molecule has 2 aliphatic rings. The van der Waals surface area contributed by atoms with Crippen molar-refractivity contribution in [1.82, 2.24) is 14.5 Å². The second-order valence-corrected chi connectivity index (χ2v) is 10.5. The molecule has 1 amide bonds. The van der Waals surface area contributed by atoms with Crippen LogP contribution in [-0.4, -0.2) is 49.2 Å². The van der Waals surface area contributed by atoms with Crippen LogP contribution in [0.1, 0.15) is 43.2 Å². The fourth-order valence-electron chi connectivity index (χ4n) is 4.48. The van der Waals surface area contributed by atoms with Crippen molar-refractivity contribution in [2.45, 2.75) is 56.1 Å². The van der Waals surface area contributed by atoms with Crippen LogP contribution in [0.25, 0.3) is 0 Å². The molecule has 0 aliphatic carbocycles. The van der Waals surface area contributed by atoms with Crippen molar-refractivity contribution >= 4 is 15.9 Å². The van der Waals surface area contributed by atoms with E-state index in [0.29, 0.717) is 19.4 Å². The van der Waals surface area contributed by atoms with E-state index in [9.17, 15) is 17.6 Å². The van der Waals surface area contributed by atoms with E-state index in [1.54, 1.807) is 0 Å². The van der Waals surface area contributed by atoms with Crippen LogP contribution in [0.5, 0.6) is 0 Å². The van der Waals surface area contributed by atoms with E-state index in [4.69, 9.17) is 0 Å². The Balaban J connectivity index is 1.34. The van der Waals surface area contributed by atoms with Gasteiger partial charge in [0, 0.05) is 19.6 Å². The minimum absolute atomic E-state index is 0.00268. The normalized spacial score (nSPS) is 20.3. The lowest BCUT2D eigenvalue weighted by Gasteiger charge is -2.26. The van der Waals surface area contributed by atoms with E-state index in [-0.39, 0.29) is 17.3 Å². The Morgan fingerprint density at radius 1 is 0.906 bits per heavy atom. The van der Waals surface area contributed by atoms with Gasteiger partial charge in [0.05, 0.1) is 4.90 Å². The summed E-state index contributed by atoms with van der Waals surface area (Å²) >= 11 is 0. The van der Waals surface area contributed by atoms with Crippen molar-refractivity contribution in [2.75, 3.05) is 19.6 Å². The molecule has 2 heterocycles. The Labute approximate surface area is 189 Å². The highest BCUT2D eigenvalue weighted by molar-refractivity contribution is 7.89. The number of benzene rings is 2. The highest BCUT2D eigenvalue weighted by Gasteiger charge is 2.39. The van der Waals surface area contributed by atoms with Crippen LogP contribution in [0.2, 0.25) is 0 Å². The van der Waals surface area contributed by atoms with Gasteiger partial charge in [0.2, 0.25) is 15.9 Å². The van der Waals surface area contributed by atoms with Crippen LogP contribution in [0, 0.1) is 5.82 Å².